The third kappa shape index (κ3) is 1.42. The van der Waals surface area contributed by atoms with Crippen LogP contribution in [-0.4, -0.2) is 11.5 Å². The van der Waals surface area contributed by atoms with Crippen molar-refractivity contribution in [2.45, 2.75) is 27.1 Å². The molecule has 0 aromatic rings. The summed E-state index contributed by atoms with van der Waals surface area (Å²) in [6.07, 6.45) is 1.21. The molecule has 0 aliphatic carbocycles. The highest BCUT2D eigenvalue weighted by atomic mass is 16.3. The van der Waals surface area contributed by atoms with Crippen molar-refractivity contribution in [1.29, 1.82) is 0 Å². The lowest BCUT2D eigenvalue weighted by Gasteiger charge is -2.20. The SMILES string of the molecule is CC(C)(C)C1=CNC(O)N1. The van der Waals surface area contributed by atoms with Crippen molar-refractivity contribution in [3.8, 4) is 0 Å². The number of allylic oxidation sites excluding steroid dienone is 1. The van der Waals surface area contributed by atoms with E-state index in [1.165, 1.54) is 0 Å². The zero-order chi connectivity index (χ0) is 7.78. The normalized spacial score (nSPS) is 25.2. The average Bonchev–Trinajstić information content (AvgIpc) is 2.11. The fourth-order valence-corrected chi connectivity index (χ4v) is 0.826. The van der Waals surface area contributed by atoms with Gasteiger partial charge in [-0.05, 0) is 0 Å². The predicted molar refractivity (Wildman–Crippen MR) is 39.8 cm³/mol. The van der Waals surface area contributed by atoms with Gasteiger partial charge in [0.2, 0.25) is 6.35 Å². The van der Waals surface area contributed by atoms with Crippen molar-refractivity contribution >= 4 is 0 Å². The number of aliphatic hydroxyl groups excluding tert-OH is 1. The first-order valence-corrected chi connectivity index (χ1v) is 3.41. The summed E-state index contributed by atoms with van der Waals surface area (Å²) in [4.78, 5) is 0. The van der Waals surface area contributed by atoms with E-state index < -0.39 is 6.35 Å². The lowest BCUT2D eigenvalue weighted by molar-refractivity contribution is 0.136. The maximum absolute atomic E-state index is 8.99. The molecule has 0 aromatic heterocycles. The summed E-state index contributed by atoms with van der Waals surface area (Å²) >= 11 is 0. The Kier molecular flexibility index (Phi) is 1.60. The van der Waals surface area contributed by atoms with E-state index in [0.717, 1.165) is 5.70 Å². The number of hydrogen-bond donors (Lipinski definition) is 3. The van der Waals surface area contributed by atoms with Crippen molar-refractivity contribution in [1.82, 2.24) is 10.6 Å². The lowest BCUT2D eigenvalue weighted by Crippen LogP contribution is -2.33. The van der Waals surface area contributed by atoms with Crippen LogP contribution in [0.15, 0.2) is 11.9 Å². The molecule has 1 aliphatic rings. The Labute approximate surface area is 61.1 Å². The van der Waals surface area contributed by atoms with Crippen LogP contribution < -0.4 is 10.6 Å². The Balaban J connectivity index is 2.60. The van der Waals surface area contributed by atoms with Crippen LogP contribution in [0.25, 0.3) is 0 Å². The molecule has 3 nitrogen and oxygen atoms in total. The van der Waals surface area contributed by atoms with Crippen LogP contribution in [0, 0.1) is 5.41 Å². The Morgan fingerprint density at radius 3 is 2.30 bits per heavy atom. The molecule has 0 spiro atoms. The van der Waals surface area contributed by atoms with E-state index in [1.54, 1.807) is 0 Å². The van der Waals surface area contributed by atoms with E-state index in [1.807, 2.05) is 6.20 Å². The highest BCUT2D eigenvalue weighted by Gasteiger charge is 2.22. The molecule has 3 N–H and O–H groups in total. The number of nitrogens with one attached hydrogen (secondary N) is 2. The Morgan fingerprint density at radius 2 is 2.10 bits per heavy atom. The summed E-state index contributed by atoms with van der Waals surface area (Å²) in [6, 6.07) is 0. The zero-order valence-electron chi connectivity index (χ0n) is 6.60. The first kappa shape index (κ1) is 7.41. The zero-order valence-corrected chi connectivity index (χ0v) is 6.60. The molecule has 1 unspecified atom stereocenters. The Morgan fingerprint density at radius 1 is 1.50 bits per heavy atom. The molecule has 0 fully saturated rings. The molecular weight excluding hydrogens is 128 g/mol. The maximum Gasteiger partial charge on any atom is 0.202 e. The van der Waals surface area contributed by atoms with E-state index in [9.17, 15) is 0 Å². The molecule has 10 heavy (non-hydrogen) atoms. The second-order valence-corrected chi connectivity index (χ2v) is 3.52. The van der Waals surface area contributed by atoms with E-state index >= 15 is 0 Å². The minimum absolute atomic E-state index is 0.0878. The summed E-state index contributed by atoms with van der Waals surface area (Å²) < 4.78 is 0. The fourth-order valence-electron chi connectivity index (χ4n) is 0.826. The quantitative estimate of drug-likeness (QED) is 0.457. The van der Waals surface area contributed by atoms with Gasteiger partial charge >= 0.3 is 0 Å². The second kappa shape index (κ2) is 2.16. The van der Waals surface area contributed by atoms with Gasteiger partial charge in [-0.3, -0.25) is 0 Å². The Hall–Kier alpha value is -0.700. The third-order valence-corrected chi connectivity index (χ3v) is 1.49. The molecule has 0 aromatic carbocycles. The van der Waals surface area contributed by atoms with E-state index in [0.29, 0.717) is 0 Å². The van der Waals surface area contributed by atoms with Gasteiger partial charge in [0.25, 0.3) is 0 Å². The van der Waals surface area contributed by atoms with Gasteiger partial charge in [-0.15, -0.1) is 0 Å². The van der Waals surface area contributed by atoms with Crippen LogP contribution in [0.1, 0.15) is 20.8 Å². The first-order chi connectivity index (χ1) is 4.50. The van der Waals surface area contributed by atoms with Crippen LogP contribution in [0.2, 0.25) is 0 Å². The van der Waals surface area contributed by atoms with Gasteiger partial charge in [0.15, 0.2) is 0 Å². The third-order valence-electron chi connectivity index (χ3n) is 1.49. The van der Waals surface area contributed by atoms with Gasteiger partial charge < -0.3 is 15.7 Å². The Bertz CT molecular complexity index is 157. The molecule has 3 heteroatoms. The highest BCUT2D eigenvalue weighted by molar-refractivity contribution is 5.12. The van der Waals surface area contributed by atoms with E-state index in [-0.39, 0.29) is 5.41 Å². The molecule has 0 radical (unpaired) electrons. The van der Waals surface area contributed by atoms with Gasteiger partial charge in [0.1, 0.15) is 0 Å². The van der Waals surface area contributed by atoms with Crippen molar-refractivity contribution in [2.75, 3.05) is 0 Å². The van der Waals surface area contributed by atoms with Crippen LogP contribution >= 0.6 is 0 Å². The summed E-state index contributed by atoms with van der Waals surface area (Å²) in [5.41, 5.74) is 1.13. The number of hydrogen-bond acceptors (Lipinski definition) is 3. The number of aliphatic hydroxyl groups is 1. The molecule has 1 aliphatic heterocycles. The van der Waals surface area contributed by atoms with Gasteiger partial charge in [0.05, 0.1) is 0 Å². The van der Waals surface area contributed by atoms with Crippen molar-refractivity contribution < 1.29 is 5.11 Å². The van der Waals surface area contributed by atoms with Crippen molar-refractivity contribution in [2.24, 2.45) is 5.41 Å². The second-order valence-electron chi connectivity index (χ2n) is 3.52. The van der Waals surface area contributed by atoms with E-state index in [2.05, 4.69) is 31.4 Å². The molecule has 0 amide bonds. The standard InChI is InChI=1S/C7H14N2O/c1-7(2,3)5-4-8-6(10)9-5/h4,6,8-10H,1-3H3. The summed E-state index contributed by atoms with van der Waals surface area (Å²) in [7, 11) is 0. The molecule has 0 bridgehead atoms. The maximum atomic E-state index is 8.99. The van der Waals surface area contributed by atoms with Gasteiger partial charge in [-0.25, -0.2) is 0 Å². The first-order valence-electron chi connectivity index (χ1n) is 3.41. The minimum atomic E-state index is -0.603. The monoisotopic (exact) mass is 142 g/mol. The lowest BCUT2D eigenvalue weighted by atomic mass is 9.93. The highest BCUT2D eigenvalue weighted by Crippen LogP contribution is 2.23. The summed E-state index contributed by atoms with van der Waals surface area (Å²) in [5, 5.41) is 14.6. The van der Waals surface area contributed by atoms with Gasteiger partial charge in [-0.1, -0.05) is 20.8 Å². The minimum Gasteiger partial charge on any atom is -0.357 e. The van der Waals surface area contributed by atoms with Crippen LogP contribution in [0.4, 0.5) is 0 Å². The molecule has 0 saturated carbocycles. The smallest absolute Gasteiger partial charge is 0.202 e. The predicted octanol–water partition coefficient (Wildman–Crippen LogP) is 0.343. The van der Waals surface area contributed by atoms with Crippen LogP contribution in [0.5, 0.6) is 0 Å². The number of rotatable bonds is 0. The molecular formula is C7H14N2O. The summed E-state index contributed by atoms with van der Waals surface area (Å²) in [5.74, 6) is 0. The molecule has 1 atom stereocenters. The summed E-state index contributed by atoms with van der Waals surface area (Å²) in [6.45, 7) is 6.27. The molecule has 1 heterocycles. The topological polar surface area (TPSA) is 44.3 Å². The van der Waals surface area contributed by atoms with Crippen LogP contribution in [-0.2, 0) is 0 Å². The fraction of sp³-hybridized carbons (Fsp3) is 0.714. The van der Waals surface area contributed by atoms with Gasteiger partial charge in [0, 0.05) is 17.3 Å². The largest absolute Gasteiger partial charge is 0.357 e. The van der Waals surface area contributed by atoms with Crippen molar-refractivity contribution in [3.63, 3.8) is 0 Å². The van der Waals surface area contributed by atoms with Crippen LogP contribution in [0.3, 0.4) is 0 Å². The van der Waals surface area contributed by atoms with Gasteiger partial charge in [-0.2, -0.15) is 0 Å². The molecule has 1 rings (SSSR count). The average molecular weight is 142 g/mol. The molecule has 58 valence electrons. The van der Waals surface area contributed by atoms with E-state index in [4.69, 9.17) is 5.11 Å². The molecule has 0 saturated heterocycles. The van der Waals surface area contributed by atoms with Crippen molar-refractivity contribution in [3.05, 3.63) is 11.9 Å².